The van der Waals surface area contributed by atoms with Gasteiger partial charge in [0.1, 0.15) is 0 Å². The molecule has 134 valence electrons. The van der Waals surface area contributed by atoms with Crippen LogP contribution in [-0.4, -0.2) is 5.78 Å². The minimum absolute atomic E-state index is 0.00524. The lowest BCUT2D eigenvalue weighted by Gasteiger charge is -2.40. The van der Waals surface area contributed by atoms with Crippen LogP contribution in [0, 0.1) is 5.41 Å². The molecule has 0 bridgehead atoms. The van der Waals surface area contributed by atoms with Crippen molar-refractivity contribution in [3.8, 4) is 0 Å². The van der Waals surface area contributed by atoms with Crippen LogP contribution in [0.2, 0.25) is 0 Å². The standard InChI is InChI=1S/C25H23NO/c1-25(2)14-20-23(21(27)15-25)22(17-9-4-3-5-10-17)19-13-12-16-8-6-7-11-18(16)24(19)26-20/h3-13,22,26H,14-15H2,1-2H3. The van der Waals surface area contributed by atoms with Crippen LogP contribution in [0.3, 0.4) is 0 Å². The summed E-state index contributed by atoms with van der Waals surface area (Å²) in [5.41, 5.74) is 5.61. The molecule has 1 heterocycles. The van der Waals surface area contributed by atoms with E-state index in [4.69, 9.17) is 0 Å². The summed E-state index contributed by atoms with van der Waals surface area (Å²) in [6, 6.07) is 23.3. The molecule has 3 aromatic carbocycles. The Balaban J connectivity index is 1.80. The van der Waals surface area contributed by atoms with Gasteiger partial charge in [0.2, 0.25) is 0 Å². The molecular formula is C25H23NO. The predicted molar refractivity (Wildman–Crippen MR) is 111 cm³/mol. The second-order valence-corrected chi connectivity index (χ2v) is 8.55. The van der Waals surface area contributed by atoms with Crippen LogP contribution in [0.25, 0.3) is 10.8 Å². The first-order valence-electron chi connectivity index (χ1n) is 9.63. The van der Waals surface area contributed by atoms with Gasteiger partial charge < -0.3 is 5.32 Å². The molecule has 0 saturated heterocycles. The van der Waals surface area contributed by atoms with E-state index in [0.29, 0.717) is 6.42 Å². The summed E-state index contributed by atoms with van der Waals surface area (Å²) < 4.78 is 0. The minimum atomic E-state index is -0.00770. The van der Waals surface area contributed by atoms with E-state index in [-0.39, 0.29) is 17.1 Å². The molecule has 2 heteroatoms. The Labute approximate surface area is 159 Å². The molecule has 1 atom stereocenters. The molecule has 0 radical (unpaired) electrons. The molecule has 0 spiro atoms. The molecule has 2 nitrogen and oxygen atoms in total. The van der Waals surface area contributed by atoms with Gasteiger partial charge in [-0.1, -0.05) is 80.6 Å². The first kappa shape index (κ1) is 16.3. The zero-order valence-corrected chi connectivity index (χ0v) is 15.8. The van der Waals surface area contributed by atoms with Crippen LogP contribution in [0.1, 0.15) is 43.7 Å². The number of carbonyl (C=O) groups is 1. The van der Waals surface area contributed by atoms with Crippen molar-refractivity contribution in [2.75, 3.05) is 5.32 Å². The van der Waals surface area contributed by atoms with E-state index in [2.05, 4.69) is 79.8 Å². The summed E-state index contributed by atoms with van der Waals surface area (Å²) in [6.07, 6.45) is 1.51. The average molecular weight is 353 g/mol. The maximum Gasteiger partial charge on any atom is 0.162 e. The predicted octanol–water partition coefficient (Wildman–Crippen LogP) is 6.04. The average Bonchev–Trinajstić information content (AvgIpc) is 2.66. The van der Waals surface area contributed by atoms with Crippen molar-refractivity contribution >= 4 is 22.2 Å². The van der Waals surface area contributed by atoms with E-state index < -0.39 is 0 Å². The Morgan fingerprint density at radius 2 is 1.63 bits per heavy atom. The number of hydrogen-bond acceptors (Lipinski definition) is 2. The number of nitrogens with one attached hydrogen (secondary N) is 1. The molecule has 3 aromatic rings. The van der Waals surface area contributed by atoms with E-state index in [0.717, 1.165) is 23.4 Å². The van der Waals surface area contributed by atoms with Crippen LogP contribution in [0.5, 0.6) is 0 Å². The fourth-order valence-electron chi connectivity index (χ4n) is 4.75. The maximum atomic E-state index is 13.2. The molecule has 1 aliphatic carbocycles. The molecule has 0 aromatic heterocycles. The molecule has 0 fully saturated rings. The lowest BCUT2D eigenvalue weighted by molar-refractivity contribution is -0.118. The second kappa shape index (κ2) is 5.82. The van der Waals surface area contributed by atoms with Crippen molar-refractivity contribution in [1.29, 1.82) is 0 Å². The minimum Gasteiger partial charge on any atom is -0.358 e. The number of Topliss-reactive ketones (excluding diaryl/α,β-unsaturated/α-hetero) is 1. The van der Waals surface area contributed by atoms with Crippen LogP contribution in [0.4, 0.5) is 5.69 Å². The number of anilines is 1. The van der Waals surface area contributed by atoms with Crippen molar-refractivity contribution in [2.24, 2.45) is 5.41 Å². The summed E-state index contributed by atoms with van der Waals surface area (Å²) in [7, 11) is 0. The third-order valence-electron chi connectivity index (χ3n) is 5.89. The van der Waals surface area contributed by atoms with Gasteiger partial charge >= 0.3 is 0 Å². The first-order chi connectivity index (χ1) is 13.0. The van der Waals surface area contributed by atoms with Gasteiger partial charge in [0, 0.05) is 29.0 Å². The van der Waals surface area contributed by atoms with Crippen molar-refractivity contribution in [3.05, 3.63) is 89.1 Å². The van der Waals surface area contributed by atoms with Gasteiger partial charge in [0.25, 0.3) is 0 Å². The third kappa shape index (κ3) is 2.59. The molecule has 1 unspecified atom stereocenters. The summed E-state index contributed by atoms with van der Waals surface area (Å²) in [4.78, 5) is 13.2. The van der Waals surface area contributed by atoms with E-state index in [1.165, 1.54) is 21.9 Å². The number of hydrogen-bond donors (Lipinski definition) is 1. The maximum absolute atomic E-state index is 13.2. The van der Waals surface area contributed by atoms with Crippen LogP contribution >= 0.6 is 0 Å². The Kier molecular flexibility index (Phi) is 3.51. The highest BCUT2D eigenvalue weighted by atomic mass is 16.1. The topological polar surface area (TPSA) is 29.1 Å². The van der Waals surface area contributed by atoms with Crippen molar-refractivity contribution < 1.29 is 4.79 Å². The van der Waals surface area contributed by atoms with Crippen molar-refractivity contribution in [1.82, 2.24) is 0 Å². The van der Waals surface area contributed by atoms with Gasteiger partial charge in [-0.25, -0.2) is 0 Å². The highest BCUT2D eigenvalue weighted by molar-refractivity contribution is 6.05. The Morgan fingerprint density at radius 3 is 2.44 bits per heavy atom. The number of carbonyl (C=O) groups excluding carboxylic acids is 1. The highest BCUT2D eigenvalue weighted by Gasteiger charge is 2.40. The number of ketones is 1. The fraction of sp³-hybridized carbons (Fsp3) is 0.240. The molecule has 1 N–H and O–H groups in total. The lowest BCUT2D eigenvalue weighted by atomic mass is 9.68. The van der Waals surface area contributed by atoms with Gasteiger partial charge in [-0.05, 0) is 28.3 Å². The molecular weight excluding hydrogens is 330 g/mol. The van der Waals surface area contributed by atoms with E-state index in [1.807, 2.05) is 6.07 Å². The summed E-state index contributed by atoms with van der Waals surface area (Å²) >= 11 is 0. The van der Waals surface area contributed by atoms with Crippen LogP contribution in [-0.2, 0) is 4.79 Å². The van der Waals surface area contributed by atoms with Gasteiger partial charge in [0.15, 0.2) is 5.78 Å². The molecule has 2 aliphatic rings. The summed E-state index contributed by atoms with van der Waals surface area (Å²) in [5, 5.41) is 6.13. The number of fused-ring (bicyclic) bond motifs is 3. The van der Waals surface area contributed by atoms with Crippen LogP contribution in [0.15, 0.2) is 78.0 Å². The number of allylic oxidation sites excluding steroid dienone is 2. The normalized spacial score (nSPS) is 20.8. The number of benzene rings is 3. The van der Waals surface area contributed by atoms with Crippen LogP contribution < -0.4 is 5.32 Å². The van der Waals surface area contributed by atoms with E-state index in [1.54, 1.807) is 0 Å². The smallest absolute Gasteiger partial charge is 0.162 e. The summed E-state index contributed by atoms with van der Waals surface area (Å²) in [5.74, 6) is 0.284. The Morgan fingerprint density at radius 1 is 0.889 bits per heavy atom. The Hall–Kier alpha value is -2.87. The summed E-state index contributed by atoms with van der Waals surface area (Å²) in [6.45, 7) is 4.37. The van der Waals surface area contributed by atoms with Crippen molar-refractivity contribution in [2.45, 2.75) is 32.6 Å². The van der Waals surface area contributed by atoms with Gasteiger partial charge in [0.05, 0.1) is 5.69 Å². The third-order valence-corrected chi connectivity index (χ3v) is 5.89. The zero-order chi connectivity index (χ0) is 18.6. The largest absolute Gasteiger partial charge is 0.358 e. The SMILES string of the molecule is CC1(C)CC(=O)C2=C(C1)Nc1c(ccc3ccccc13)C2c1ccccc1. The molecule has 5 rings (SSSR count). The van der Waals surface area contributed by atoms with Gasteiger partial charge in [-0.3, -0.25) is 4.79 Å². The first-order valence-corrected chi connectivity index (χ1v) is 9.63. The van der Waals surface area contributed by atoms with Gasteiger partial charge in [-0.2, -0.15) is 0 Å². The van der Waals surface area contributed by atoms with Crippen molar-refractivity contribution in [3.63, 3.8) is 0 Å². The lowest BCUT2D eigenvalue weighted by Crippen LogP contribution is -2.33. The molecule has 0 saturated carbocycles. The monoisotopic (exact) mass is 353 g/mol. The van der Waals surface area contributed by atoms with E-state index >= 15 is 0 Å². The second-order valence-electron chi connectivity index (χ2n) is 8.55. The fourth-order valence-corrected chi connectivity index (χ4v) is 4.75. The molecule has 27 heavy (non-hydrogen) atoms. The quantitative estimate of drug-likeness (QED) is 0.578. The zero-order valence-electron chi connectivity index (χ0n) is 15.8. The van der Waals surface area contributed by atoms with Gasteiger partial charge in [-0.15, -0.1) is 0 Å². The molecule has 0 amide bonds. The highest BCUT2D eigenvalue weighted by Crippen LogP contribution is 2.50. The number of rotatable bonds is 1. The molecule has 1 aliphatic heterocycles. The Bertz CT molecular complexity index is 1090. The van der Waals surface area contributed by atoms with E-state index in [9.17, 15) is 4.79 Å².